The fourth-order valence-corrected chi connectivity index (χ4v) is 2.50. The number of nitrogens with one attached hydrogen (secondary N) is 1. The van der Waals surface area contributed by atoms with Crippen molar-refractivity contribution in [3.63, 3.8) is 0 Å². The fourth-order valence-electron chi connectivity index (χ4n) is 2.50. The molecular formula is C19H25NO2. The van der Waals surface area contributed by atoms with Gasteiger partial charge in [0.1, 0.15) is 6.61 Å². The van der Waals surface area contributed by atoms with Crippen molar-refractivity contribution in [2.45, 2.75) is 32.9 Å². The molecule has 2 rings (SSSR count). The van der Waals surface area contributed by atoms with Crippen molar-refractivity contribution < 1.29 is 9.47 Å². The van der Waals surface area contributed by atoms with Crippen LogP contribution in [0.2, 0.25) is 0 Å². The van der Waals surface area contributed by atoms with E-state index in [9.17, 15) is 0 Å². The molecule has 0 saturated heterocycles. The van der Waals surface area contributed by atoms with Crippen molar-refractivity contribution >= 4 is 0 Å². The van der Waals surface area contributed by atoms with Crippen LogP contribution in [0.4, 0.5) is 0 Å². The smallest absolute Gasteiger partial charge is 0.161 e. The lowest BCUT2D eigenvalue weighted by molar-refractivity contribution is 0.284. The van der Waals surface area contributed by atoms with E-state index in [1.807, 2.05) is 24.3 Å². The Morgan fingerprint density at radius 3 is 2.41 bits per heavy atom. The van der Waals surface area contributed by atoms with Crippen LogP contribution in [0.3, 0.4) is 0 Å². The lowest BCUT2D eigenvalue weighted by Crippen LogP contribution is -2.20. The maximum Gasteiger partial charge on any atom is 0.161 e. The van der Waals surface area contributed by atoms with Gasteiger partial charge in [0.2, 0.25) is 0 Å². The zero-order valence-electron chi connectivity index (χ0n) is 13.6. The monoisotopic (exact) mass is 299 g/mol. The Morgan fingerprint density at radius 2 is 1.77 bits per heavy atom. The van der Waals surface area contributed by atoms with Crippen LogP contribution in [0.25, 0.3) is 0 Å². The van der Waals surface area contributed by atoms with Crippen molar-refractivity contribution in [1.29, 1.82) is 0 Å². The zero-order valence-corrected chi connectivity index (χ0v) is 13.6. The molecule has 0 aromatic heterocycles. The van der Waals surface area contributed by atoms with E-state index in [4.69, 9.17) is 9.47 Å². The summed E-state index contributed by atoms with van der Waals surface area (Å²) in [5.74, 6) is 1.56. The molecule has 1 N–H and O–H groups in total. The van der Waals surface area contributed by atoms with Gasteiger partial charge in [-0.05, 0) is 36.2 Å². The Hall–Kier alpha value is -2.00. The summed E-state index contributed by atoms with van der Waals surface area (Å²) >= 11 is 0. The zero-order chi connectivity index (χ0) is 15.8. The maximum absolute atomic E-state index is 5.90. The Morgan fingerprint density at radius 1 is 1.00 bits per heavy atom. The molecule has 0 amide bonds. The van der Waals surface area contributed by atoms with Crippen molar-refractivity contribution in [2.24, 2.45) is 0 Å². The second-order valence-electron chi connectivity index (χ2n) is 5.20. The van der Waals surface area contributed by atoms with Crippen molar-refractivity contribution in [1.82, 2.24) is 5.32 Å². The Bertz CT molecular complexity index is 569. The Kier molecular flexibility index (Phi) is 6.28. The second-order valence-corrected chi connectivity index (χ2v) is 5.20. The number of hydrogen-bond donors (Lipinski definition) is 1. The number of ether oxygens (including phenoxy) is 2. The topological polar surface area (TPSA) is 30.5 Å². The van der Waals surface area contributed by atoms with Crippen LogP contribution < -0.4 is 14.8 Å². The summed E-state index contributed by atoms with van der Waals surface area (Å²) in [4.78, 5) is 0. The fraction of sp³-hybridized carbons (Fsp3) is 0.368. The molecule has 0 bridgehead atoms. The van der Waals surface area contributed by atoms with Crippen molar-refractivity contribution in [3.8, 4) is 11.5 Å². The van der Waals surface area contributed by atoms with Gasteiger partial charge >= 0.3 is 0 Å². The molecule has 3 heteroatoms. The molecule has 0 aliphatic carbocycles. The van der Waals surface area contributed by atoms with E-state index in [0.717, 1.165) is 30.0 Å². The third-order valence-electron chi connectivity index (χ3n) is 3.69. The highest BCUT2D eigenvalue weighted by Crippen LogP contribution is 2.31. The molecule has 0 radical (unpaired) electrons. The first-order valence-electron chi connectivity index (χ1n) is 7.86. The van der Waals surface area contributed by atoms with Gasteiger partial charge < -0.3 is 14.8 Å². The minimum Gasteiger partial charge on any atom is -0.493 e. The molecule has 0 saturated carbocycles. The molecule has 0 unspecified atom stereocenters. The van der Waals surface area contributed by atoms with Gasteiger partial charge in [0.15, 0.2) is 11.5 Å². The van der Waals surface area contributed by atoms with Gasteiger partial charge in [0, 0.05) is 6.04 Å². The third kappa shape index (κ3) is 4.25. The normalized spacial score (nSPS) is 12.0. The quantitative estimate of drug-likeness (QED) is 0.786. The highest BCUT2D eigenvalue weighted by atomic mass is 16.5. The molecule has 22 heavy (non-hydrogen) atoms. The summed E-state index contributed by atoms with van der Waals surface area (Å²) in [7, 11) is 1.68. The first-order chi connectivity index (χ1) is 10.8. The van der Waals surface area contributed by atoms with E-state index >= 15 is 0 Å². The number of benzene rings is 2. The van der Waals surface area contributed by atoms with Crippen molar-refractivity contribution in [3.05, 3.63) is 59.7 Å². The number of rotatable bonds is 8. The van der Waals surface area contributed by atoms with E-state index in [1.54, 1.807) is 7.11 Å². The average Bonchev–Trinajstić information content (AvgIpc) is 2.58. The van der Waals surface area contributed by atoms with Crippen LogP contribution in [-0.4, -0.2) is 13.7 Å². The molecule has 0 spiro atoms. The van der Waals surface area contributed by atoms with Crippen LogP contribution in [0, 0.1) is 0 Å². The third-order valence-corrected chi connectivity index (χ3v) is 3.69. The highest BCUT2D eigenvalue weighted by molar-refractivity contribution is 5.44. The van der Waals surface area contributed by atoms with Crippen LogP contribution in [0.5, 0.6) is 11.5 Å². The Balaban J connectivity index is 2.11. The second kappa shape index (κ2) is 8.44. The van der Waals surface area contributed by atoms with Crippen LogP contribution >= 0.6 is 0 Å². The number of methoxy groups -OCH3 is 1. The lowest BCUT2D eigenvalue weighted by atomic mass is 10.0. The standard InChI is InChI=1S/C19H25NO2/c1-4-17(20-5-2)16-11-12-18(19(13-16)21-3)22-14-15-9-7-6-8-10-15/h6-13,17,20H,4-5,14H2,1-3H3/t17-/m0/s1. The van der Waals surface area contributed by atoms with Gasteiger partial charge in [-0.3, -0.25) is 0 Å². The summed E-state index contributed by atoms with van der Waals surface area (Å²) in [6, 6.07) is 16.7. The molecule has 3 nitrogen and oxygen atoms in total. The van der Waals surface area contributed by atoms with E-state index in [0.29, 0.717) is 12.6 Å². The van der Waals surface area contributed by atoms with E-state index in [1.165, 1.54) is 5.56 Å². The predicted octanol–water partition coefficient (Wildman–Crippen LogP) is 4.33. The molecular weight excluding hydrogens is 274 g/mol. The van der Waals surface area contributed by atoms with Gasteiger partial charge in [0.05, 0.1) is 7.11 Å². The molecule has 0 fully saturated rings. The molecule has 118 valence electrons. The maximum atomic E-state index is 5.90. The molecule has 1 atom stereocenters. The van der Waals surface area contributed by atoms with E-state index in [2.05, 4.69) is 43.4 Å². The average molecular weight is 299 g/mol. The van der Waals surface area contributed by atoms with E-state index < -0.39 is 0 Å². The van der Waals surface area contributed by atoms with Gasteiger partial charge in [-0.15, -0.1) is 0 Å². The molecule has 2 aromatic rings. The van der Waals surface area contributed by atoms with Gasteiger partial charge in [-0.2, -0.15) is 0 Å². The first kappa shape index (κ1) is 16.4. The van der Waals surface area contributed by atoms with Gasteiger partial charge in [0.25, 0.3) is 0 Å². The predicted molar refractivity (Wildman–Crippen MR) is 90.5 cm³/mol. The highest BCUT2D eigenvalue weighted by Gasteiger charge is 2.12. The summed E-state index contributed by atoms with van der Waals surface area (Å²) in [6.45, 7) is 5.80. The molecule has 0 aliphatic rings. The van der Waals surface area contributed by atoms with Gasteiger partial charge in [-0.25, -0.2) is 0 Å². The largest absolute Gasteiger partial charge is 0.493 e. The van der Waals surface area contributed by atoms with Gasteiger partial charge in [-0.1, -0.05) is 50.2 Å². The van der Waals surface area contributed by atoms with Crippen molar-refractivity contribution in [2.75, 3.05) is 13.7 Å². The molecule has 0 heterocycles. The summed E-state index contributed by atoms with van der Waals surface area (Å²) in [5.41, 5.74) is 2.38. The SMILES string of the molecule is CCN[C@@H](CC)c1ccc(OCc2ccccc2)c(OC)c1. The minimum atomic E-state index is 0.349. The summed E-state index contributed by atoms with van der Waals surface area (Å²) < 4.78 is 11.4. The summed E-state index contributed by atoms with van der Waals surface area (Å²) in [5, 5.41) is 3.48. The van der Waals surface area contributed by atoms with Crippen LogP contribution in [0.15, 0.2) is 48.5 Å². The lowest BCUT2D eigenvalue weighted by Gasteiger charge is -2.18. The van der Waals surface area contributed by atoms with E-state index in [-0.39, 0.29) is 0 Å². The van der Waals surface area contributed by atoms with Crippen LogP contribution in [-0.2, 0) is 6.61 Å². The van der Waals surface area contributed by atoms with Crippen LogP contribution in [0.1, 0.15) is 37.4 Å². The molecule has 2 aromatic carbocycles. The summed E-state index contributed by atoms with van der Waals surface area (Å²) in [6.07, 6.45) is 1.04. The minimum absolute atomic E-state index is 0.349. The first-order valence-corrected chi connectivity index (χ1v) is 7.86. The Labute approximate surface area is 133 Å². The number of hydrogen-bond acceptors (Lipinski definition) is 3. The molecule has 0 aliphatic heterocycles.